The van der Waals surface area contributed by atoms with Crippen molar-refractivity contribution in [3.05, 3.63) is 33.8 Å². The summed E-state index contributed by atoms with van der Waals surface area (Å²) < 4.78 is 0.416. The largest absolute Gasteiger partial charge is 0.478 e. The number of halogens is 2. The summed E-state index contributed by atoms with van der Waals surface area (Å²) in [5.41, 5.74) is 0.729. The van der Waals surface area contributed by atoms with E-state index in [0.717, 1.165) is 0 Å². The molecule has 15 heavy (non-hydrogen) atoms. The van der Waals surface area contributed by atoms with E-state index >= 15 is 0 Å². The molecule has 1 unspecified atom stereocenters. The van der Waals surface area contributed by atoms with Crippen molar-refractivity contribution in [2.45, 2.75) is 12.3 Å². The third-order valence-electron chi connectivity index (χ3n) is 1.87. The van der Waals surface area contributed by atoms with Crippen LogP contribution in [0.25, 0.3) is 0 Å². The van der Waals surface area contributed by atoms with Crippen molar-refractivity contribution in [3.8, 4) is 0 Å². The van der Waals surface area contributed by atoms with Crippen LogP contribution in [-0.2, 0) is 4.79 Å². The van der Waals surface area contributed by atoms with Gasteiger partial charge < -0.3 is 5.11 Å². The van der Waals surface area contributed by atoms with E-state index in [0.29, 0.717) is 10.0 Å². The number of carbonyl (C=O) groups is 2. The SMILES string of the molecule is CC(=O)C(Cl)c1ccc(C(=O)O)c(Br)c1. The van der Waals surface area contributed by atoms with Crippen molar-refractivity contribution < 1.29 is 14.7 Å². The first-order valence-corrected chi connectivity index (χ1v) is 5.33. The number of aromatic carboxylic acids is 1. The monoisotopic (exact) mass is 290 g/mol. The number of hydrogen-bond donors (Lipinski definition) is 1. The molecule has 0 heterocycles. The molecule has 0 amide bonds. The first-order valence-electron chi connectivity index (χ1n) is 4.10. The molecule has 80 valence electrons. The summed E-state index contributed by atoms with van der Waals surface area (Å²) in [6.07, 6.45) is 0. The predicted octanol–water partition coefficient (Wildman–Crippen LogP) is 3.02. The zero-order valence-corrected chi connectivity index (χ0v) is 10.2. The van der Waals surface area contributed by atoms with E-state index in [-0.39, 0.29) is 11.3 Å². The summed E-state index contributed by atoms with van der Waals surface area (Å²) >= 11 is 8.94. The average Bonchev–Trinajstić information content (AvgIpc) is 2.15. The third-order valence-corrected chi connectivity index (χ3v) is 3.09. The molecule has 0 aliphatic heterocycles. The Morgan fingerprint density at radius 2 is 2.07 bits per heavy atom. The van der Waals surface area contributed by atoms with E-state index in [9.17, 15) is 9.59 Å². The lowest BCUT2D eigenvalue weighted by Gasteiger charge is -2.07. The Morgan fingerprint density at radius 1 is 1.47 bits per heavy atom. The molecule has 1 N–H and O–H groups in total. The van der Waals surface area contributed by atoms with Crippen LogP contribution in [0.4, 0.5) is 0 Å². The Kier molecular flexibility index (Phi) is 3.88. The normalized spacial score (nSPS) is 12.2. The van der Waals surface area contributed by atoms with Crippen LogP contribution in [0, 0.1) is 0 Å². The van der Waals surface area contributed by atoms with Crippen molar-refractivity contribution in [2.24, 2.45) is 0 Å². The van der Waals surface area contributed by atoms with Crippen LogP contribution in [0.5, 0.6) is 0 Å². The average molecular weight is 292 g/mol. The summed E-state index contributed by atoms with van der Waals surface area (Å²) in [6.45, 7) is 1.39. The van der Waals surface area contributed by atoms with Crippen molar-refractivity contribution in [1.82, 2.24) is 0 Å². The van der Waals surface area contributed by atoms with E-state index in [2.05, 4.69) is 15.9 Å². The van der Waals surface area contributed by atoms with Gasteiger partial charge >= 0.3 is 5.97 Å². The molecule has 1 atom stereocenters. The molecule has 1 rings (SSSR count). The summed E-state index contributed by atoms with van der Waals surface area (Å²) in [4.78, 5) is 21.7. The van der Waals surface area contributed by atoms with Crippen LogP contribution in [0.3, 0.4) is 0 Å². The first-order chi connectivity index (χ1) is 6.93. The lowest BCUT2D eigenvalue weighted by Crippen LogP contribution is -2.03. The molecule has 0 radical (unpaired) electrons. The maximum absolute atomic E-state index is 11.0. The fourth-order valence-corrected chi connectivity index (χ4v) is 1.80. The molecule has 0 saturated heterocycles. The van der Waals surface area contributed by atoms with E-state index in [1.165, 1.54) is 19.1 Å². The van der Waals surface area contributed by atoms with Gasteiger partial charge in [-0.05, 0) is 40.5 Å². The fraction of sp³-hybridized carbons (Fsp3) is 0.200. The third kappa shape index (κ3) is 2.79. The topological polar surface area (TPSA) is 54.4 Å². The highest BCUT2D eigenvalue weighted by Gasteiger charge is 2.16. The number of hydrogen-bond acceptors (Lipinski definition) is 2. The predicted molar refractivity (Wildman–Crippen MR) is 60.4 cm³/mol. The number of alkyl halides is 1. The van der Waals surface area contributed by atoms with Gasteiger partial charge in [0.25, 0.3) is 0 Å². The smallest absolute Gasteiger partial charge is 0.336 e. The summed E-state index contributed by atoms with van der Waals surface area (Å²) in [5, 5.41) is 8.04. The Labute approximate surface area is 100 Å². The van der Waals surface area contributed by atoms with Gasteiger partial charge in [0.05, 0.1) is 5.56 Å². The molecule has 5 heteroatoms. The molecular formula is C10H8BrClO3. The number of carboxylic acid groups (broad SMARTS) is 1. The van der Waals surface area contributed by atoms with Crippen LogP contribution in [-0.4, -0.2) is 16.9 Å². The van der Waals surface area contributed by atoms with Gasteiger partial charge in [-0.2, -0.15) is 0 Å². The number of ketones is 1. The minimum atomic E-state index is -1.03. The maximum atomic E-state index is 11.0. The molecule has 1 aromatic rings. The number of carbonyl (C=O) groups excluding carboxylic acids is 1. The van der Waals surface area contributed by atoms with Crippen LogP contribution >= 0.6 is 27.5 Å². The molecule has 0 fully saturated rings. The van der Waals surface area contributed by atoms with Gasteiger partial charge in [-0.1, -0.05) is 6.07 Å². The minimum absolute atomic E-state index is 0.145. The zero-order chi connectivity index (χ0) is 11.6. The van der Waals surface area contributed by atoms with Crippen LogP contribution in [0.1, 0.15) is 28.2 Å². The minimum Gasteiger partial charge on any atom is -0.478 e. The molecule has 0 aliphatic rings. The van der Waals surface area contributed by atoms with Crippen LogP contribution in [0.15, 0.2) is 22.7 Å². The maximum Gasteiger partial charge on any atom is 0.336 e. The second kappa shape index (κ2) is 4.77. The van der Waals surface area contributed by atoms with Gasteiger partial charge in [-0.25, -0.2) is 4.79 Å². The van der Waals surface area contributed by atoms with Crippen molar-refractivity contribution in [3.63, 3.8) is 0 Å². The summed E-state index contributed by atoms with van der Waals surface area (Å²) in [7, 11) is 0. The Balaban J connectivity index is 3.12. The second-order valence-corrected chi connectivity index (χ2v) is 4.31. The van der Waals surface area contributed by atoms with Crippen molar-refractivity contribution >= 4 is 39.3 Å². The Hall–Kier alpha value is -0.870. The van der Waals surface area contributed by atoms with Crippen molar-refractivity contribution in [2.75, 3.05) is 0 Å². The van der Waals surface area contributed by atoms with E-state index in [1.807, 2.05) is 0 Å². The summed E-state index contributed by atoms with van der Waals surface area (Å²) in [6, 6.07) is 4.50. The Bertz CT molecular complexity index is 417. The molecular weight excluding hydrogens is 283 g/mol. The quantitative estimate of drug-likeness (QED) is 0.871. The lowest BCUT2D eigenvalue weighted by molar-refractivity contribution is -0.116. The molecule has 0 aromatic heterocycles. The van der Waals surface area contributed by atoms with Crippen LogP contribution in [0.2, 0.25) is 0 Å². The molecule has 0 bridgehead atoms. The van der Waals surface area contributed by atoms with Crippen LogP contribution < -0.4 is 0 Å². The second-order valence-electron chi connectivity index (χ2n) is 3.02. The molecule has 0 aliphatic carbocycles. The van der Waals surface area contributed by atoms with Gasteiger partial charge in [-0.3, -0.25) is 4.79 Å². The highest BCUT2D eigenvalue weighted by molar-refractivity contribution is 9.10. The van der Waals surface area contributed by atoms with Gasteiger partial charge in [-0.15, -0.1) is 11.6 Å². The molecule has 1 aromatic carbocycles. The van der Waals surface area contributed by atoms with Gasteiger partial charge in [0, 0.05) is 4.47 Å². The number of benzene rings is 1. The standard InChI is InChI=1S/C10H8BrClO3/c1-5(13)9(12)6-2-3-7(10(14)15)8(11)4-6/h2-4,9H,1H3,(H,14,15). The van der Waals surface area contributed by atoms with E-state index in [1.54, 1.807) is 6.07 Å². The fourth-order valence-electron chi connectivity index (χ4n) is 1.10. The molecule has 0 spiro atoms. The number of rotatable bonds is 3. The van der Waals surface area contributed by atoms with Gasteiger partial charge in [0.15, 0.2) is 5.78 Å². The first kappa shape index (κ1) is 12.2. The zero-order valence-electron chi connectivity index (χ0n) is 7.83. The van der Waals surface area contributed by atoms with Crippen molar-refractivity contribution in [1.29, 1.82) is 0 Å². The van der Waals surface area contributed by atoms with Gasteiger partial charge in [0.1, 0.15) is 5.38 Å². The lowest BCUT2D eigenvalue weighted by atomic mass is 10.1. The number of Topliss-reactive ketones (excluding diaryl/α,β-unsaturated/α-hetero) is 1. The highest BCUT2D eigenvalue weighted by atomic mass is 79.9. The van der Waals surface area contributed by atoms with E-state index in [4.69, 9.17) is 16.7 Å². The van der Waals surface area contributed by atoms with Gasteiger partial charge in [0.2, 0.25) is 0 Å². The molecule has 0 saturated carbocycles. The summed E-state index contributed by atoms with van der Waals surface area (Å²) in [5.74, 6) is -1.20. The van der Waals surface area contributed by atoms with E-state index < -0.39 is 11.3 Å². The Morgan fingerprint density at radius 3 is 2.47 bits per heavy atom. The molecule has 3 nitrogen and oxygen atoms in total. The number of carboxylic acids is 1. The highest BCUT2D eigenvalue weighted by Crippen LogP contribution is 2.26.